The molecule has 0 radical (unpaired) electrons. The summed E-state index contributed by atoms with van der Waals surface area (Å²) < 4.78 is 0. The van der Waals surface area contributed by atoms with Crippen LogP contribution in [0.25, 0.3) is 0 Å². The largest absolute Gasteiger partial charge is 0.338 e. The lowest BCUT2D eigenvalue weighted by molar-refractivity contribution is -0.134. The number of carbonyl (C=O) groups is 1. The molecule has 3 nitrogen and oxygen atoms in total. The third kappa shape index (κ3) is 3.58. The van der Waals surface area contributed by atoms with Gasteiger partial charge in [0.1, 0.15) is 0 Å². The molecule has 5 heteroatoms. The van der Waals surface area contributed by atoms with Crippen LogP contribution in [-0.4, -0.2) is 30.4 Å². The molecule has 1 unspecified atom stereocenters. The first kappa shape index (κ1) is 17.6. The van der Waals surface area contributed by atoms with E-state index < -0.39 is 0 Å². The van der Waals surface area contributed by atoms with E-state index in [2.05, 4.69) is 12.2 Å². The van der Waals surface area contributed by atoms with E-state index in [4.69, 9.17) is 11.6 Å². The summed E-state index contributed by atoms with van der Waals surface area (Å²) in [5.41, 5.74) is 1.42. The number of amides is 1. The van der Waals surface area contributed by atoms with Gasteiger partial charge in [-0.3, -0.25) is 4.79 Å². The minimum absolute atomic E-state index is 0. The molecule has 122 valence electrons. The predicted molar refractivity (Wildman–Crippen MR) is 92.4 cm³/mol. The fourth-order valence-corrected chi connectivity index (χ4v) is 3.81. The van der Waals surface area contributed by atoms with Gasteiger partial charge in [-0.1, -0.05) is 23.7 Å². The highest BCUT2D eigenvalue weighted by molar-refractivity contribution is 6.30. The zero-order valence-corrected chi connectivity index (χ0v) is 14.6. The lowest BCUT2D eigenvalue weighted by Crippen LogP contribution is -2.36. The van der Waals surface area contributed by atoms with Gasteiger partial charge in [0.25, 0.3) is 0 Å². The number of benzene rings is 1. The number of nitrogens with zero attached hydrogens (tertiary/aromatic N) is 1. The van der Waals surface area contributed by atoms with Crippen LogP contribution in [0, 0.1) is 11.3 Å². The Bertz CT molecular complexity index is 529. The Morgan fingerprint density at radius 1 is 1.41 bits per heavy atom. The maximum atomic E-state index is 12.8. The molecule has 1 aliphatic carbocycles. The molecular weight excluding hydrogens is 319 g/mol. The van der Waals surface area contributed by atoms with Crippen LogP contribution in [0.15, 0.2) is 24.3 Å². The van der Waals surface area contributed by atoms with Gasteiger partial charge < -0.3 is 10.2 Å². The van der Waals surface area contributed by atoms with Crippen LogP contribution in [0.4, 0.5) is 0 Å². The smallest absolute Gasteiger partial charge is 0.226 e. The van der Waals surface area contributed by atoms with Crippen LogP contribution in [0.2, 0.25) is 5.02 Å². The van der Waals surface area contributed by atoms with Crippen molar-refractivity contribution in [3.63, 3.8) is 0 Å². The Morgan fingerprint density at radius 3 is 2.77 bits per heavy atom. The second-order valence-electron chi connectivity index (χ2n) is 6.35. The van der Waals surface area contributed by atoms with Crippen molar-refractivity contribution < 1.29 is 4.79 Å². The normalized spacial score (nSPS) is 22.0. The van der Waals surface area contributed by atoms with Crippen molar-refractivity contribution >= 4 is 29.9 Å². The summed E-state index contributed by atoms with van der Waals surface area (Å²) in [6.45, 7) is 5.60. The molecule has 1 aromatic rings. The van der Waals surface area contributed by atoms with Crippen molar-refractivity contribution in [1.29, 1.82) is 0 Å². The first-order valence-corrected chi connectivity index (χ1v) is 8.26. The van der Waals surface area contributed by atoms with Crippen LogP contribution in [-0.2, 0) is 11.3 Å². The molecule has 3 rings (SSSR count). The summed E-state index contributed by atoms with van der Waals surface area (Å²) >= 11 is 6.03. The van der Waals surface area contributed by atoms with Crippen molar-refractivity contribution in [1.82, 2.24) is 10.2 Å². The molecule has 0 aromatic heterocycles. The second kappa shape index (κ2) is 7.20. The van der Waals surface area contributed by atoms with Gasteiger partial charge in [-0.2, -0.15) is 0 Å². The molecule has 1 atom stereocenters. The summed E-state index contributed by atoms with van der Waals surface area (Å²) in [4.78, 5) is 14.8. The monoisotopic (exact) mass is 342 g/mol. The molecule has 1 saturated carbocycles. The van der Waals surface area contributed by atoms with Crippen molar-refractivity contribution in [2.24, 2.45) is 11.3 Å². The molecule has 2 fully saturated rings. The lowest BCUT2D eigenvalue weighted by Gasteiger charge is -2.26. The van der Waals surface area contributed by atoms with Crippen LogP contribution in [0.1, 0.15) is 31.7 Å². The van der Waals surface area contributed by atoms with E-state index in [-0.39, 0.29) is 18.3 Å². The van der Waals surface area contributed by atoms with E-state index in [9.17, 15) is 4.79 Å². The molecule has 1 heterocycles. The summed E-state index contributed by atoms with van der Waals surface area (Å²) in [6.07, 6.45) is 3.38. The number of halogens is 2. The third-order valence-electron chi connectivity index (χ3n) is 5.04. The number of hydrogen-bond acceptors (Lipinski definition) is 2. The molecule has 0 bridgehead atoms. The highest BCUT2D eigenvalue weighted by Gasteiger charge is 2.58. The van der Waals surface area contributed by atoms with Crippen molar-refractivity contribution in [3.8, 4) is 0 Å². The summed E-state index contributed by atoms with van der Waals surface area (Å²) in [5.74, 6) is 0.582. The summed E-state index contributed by atoms with van der Waals surface area (Å²) in [6, 6.07) is 7.80. The van der Waals surface area contributed by atoms with Crippen molar-refractivity contribution in [2.75, 3.05) is 19.6 Å². The van der Waals surface area contributed by atoms with Gasteiger partial charge in [-0.25, -0.2) is 0 Å². The fourth-order valence-electron chi connectivity index (χ4n) is 3.60. The molecule has 1 aliphatic heterocycles. The standard InChI is InChI=1S/C17H23ClN2O.ClH/c1-2-20(12-13-4-3-5-14(18)10-13)16(21)15-11-17(15)6-8-19-9-7-17;/h3-5,10,15,19H,2,6-9,11-12H2,1H3;1H. The summed E-state index contributed by atoms with van der Waals surface area (Å²) in [7, 11) is 0. The lowest BCUT2D eigenvalue weighted by atomic mass is 9.91. The Kier molecular flexibility index (Phi) is 5.76. The quantitative estimate of drug-likeness (QED) is 0.908. The molecule has 1 saturated heterocycles. The zero-order chi connectivity index (χ0) is 14.9. The summed E-state index contributed by atoms with van der Waals surface area (Å²) in [5, 5.41) is 4.12. The second-order valence-corrected chi connectivity index (χ2v) is 6.79. The first-order valence-electron chi connectivity index (χ1n) is 7.88. The fraction of sp³-hybridized carbons (Fsp3) is 0.588. The Morgan fingerprint density at radius 2 is 2.14 bits per heavy atom. The number of carbonyl (C=O) groups excluding carboxylic acids is 1. The number of rotatable bonds is 4. The van der Waals surface area contributed by atoms with Crippen LogP contribution in [0.3, 0.4) is 0 Å². The Balaban J connectivity index is 0.00000176. The van der Waals surface area contributed by atoms with Gasteiger partial charge in [0, 0.05) is 24.0 Å². The van der Waals surface area contributed by atoms with Gasteiger partial charge in [-0.15, -0.1) is 12.4 Å². The van der Waals surface area contributed by atoms with E-state index in [1.807, 2.05) is 29.2 Å². The molecule has 1 amide bonds. The molecule has 1 N–H and O–H groups in total. The molecule has 1 spiro atoms. The van der Waals surface area contributed by atoms with E-state index >= 15 is 0 Å². The van der Waals surface area contributed by atoms with Gasteiger partial charge in [0.15, 0.2) is 0 Å². The van der Waals surface area contributed by atoms with Crippen molar-refractivity contribution in [3.05, 3.63) is 34.9 Å². The highest BCUT2D eigenvalue weighted by Crippen LogP contribution is 2.59. The molecule has 1 aromatic carbocycles. The first-order chi connectivity index (χ1) is 10.1. The molecule has 2 aliphatic rings. The van der Waals surface area contributed by atoms with Gasteiger partial charge in [0.2, 0.25) is 5.91 Å². The number of piperidine rings is 1. The zero-order valence-electron chi connectivity index (χ0n) is 13.0. The predicted octanol–water partition coefficient (Wildman–Crippen LogP) is 3.50. The van der Waals surface area contributed by atoms with Crippen LogP contribution < -0.4 is 5.32 Å². The Hall–Kier alpha value is -0.770. The molecular formula is C17H24Cl2N2O. The topological polar surface area (TPSA) is 32.3 Å². The van der Waals surface area contributed by atoms with E-state index in [1.165, 1.54) is 0 Å². The minimum Gasteiger partial charge on any atom is -0.338 e. The van der Waals surface area contributed by atoms with Crippen LogP contribution >= 0.6 is 24.0 Å². The minimum atomic E-state index is 0. The SMILES string of the molecule is CCN(Cc1cccc(Cl)c1)C(=O)C1CC12CCNCC2.Cl. The average Bonchev–Trinajstić information content (AvgIpc) is 3.18. The van der Waals surface area contributed by atoms with Gasteiger partial charge in [0.05, 0.1) is 0 Å². The van der Waals surface area contributed by atoms with E-state index in [1.54, 1.807) is 0 Å². The van der Waals surface area contributed by atoms with Gasteiger partial charge in [-0.05, 0) is 62.4 Å². The maximum absolute atomic E-state index is 12.8. The van der Waals surface area contributed by atoms with E-state index in [0.717, 1.165) is 49.5 Å². The highest BCUT2D eigenvalue weighted by atomic mass is 35.5. The van der Waals surface area contributed by atoms with Crippen molar-refractivity contribution in [2.45, 2.75) is 32.7 Å². The number of hydrogen-bond donors (Lipinski definition) is 1. The number of nitrogens with one attached hydrogen (secondary N) is 1. The van der Waals surface area contributed by atoms with Crippen LogP contribution in [0.5, 0.6) is 0 Å². The third-order valence-corrected chi connectivity index (χ3v) is 5.28. The van der Waals surface area contributed by atoms with E-state index in [0.29, 0.717) is 17.9 Å². The Labute approximate surface area is 143 Å². The maximum Gasteiger partial charge on any atom is 0.226 e. The molecule has 22 heavy (non-hydrogen) atoms. The van der Waals surface area contributed by atoms with Gasteiger partial charge >= 0.3 is 0 Å². The average molecular weight is 343 g/mol.